The van der Waals surface area contributed by atoms with Crippen molar-refractivity contribution in [3.63, 3.8) is 0 Å². The molecule has 0 aromatic rings. The maximum Gasteiger partial charge on any atom is 0.0436 e. The van der Waals surface area contributed by atoms with Gasteiger partial charge in [0, 0.05) is 26.2 Å². The van der Waals surface area contributed by atoms with E-state index in [9.17, 15) is 0 Å². The second-order valence-corrected chi connectivity index (χ2v) is 6.73. The number of hydrogen-bond donors (Lipinski definition) is 1. The summed E-state index contributed by atoms with van der Waals surface area (Å²) in [5.74, 6) is 0.877. The molecule has 1 aliphatic heterocycles. The van der Waals surface area contributed by atoms with Crippen LogP contribution in [0.1, 0.15) is 40.0 Å². The number of likely N-dealkylation sites (tertiary alicyclic amines) is 1. The second kappa shape index (κ2) is 3.74. The van der Waals surface area contributed by atoms with Crippen molar-refractivity contribution >= 4 is 0 Å². The average molecular weight is 211 g/mol. The molecule has 1 saturated carbocycles. The van der Waals surface area contributed by atoms with Crippen LogP contribution in [0.5, 0.6) is 0 Å². The van der Waals surface area contributed by atoms with Gasteiger partial charge in [0.2, 0.25) is 0 Å². The second-order valence-electron chi connectivity index (χ2n) is 6.73. The zero-order valence-corrected chi connectivity index (χ0v) is 10.4. The highest BCUT2D eigenvalue weighted by atomic mass is 16.3. The molecule has 2 nitrogen and oxygen atoms in total. The van der Waals surface area contributed by atoms with Gasteiger partial charge in [-0.3, -0.25) is 0 Å². The lowest BCUT2D eigenvalue weighted by Crippen LogP contribution is -2.53. The Bertz CT molecular complexity index is 221. The van der Waals surface area contributed by atoms with Gasteiger partial charge in [0.1, 0.15) is 0 Å². The molecule has 2 heteroatoms. The maximum atomic E-state index is 9.01. The maximum absolute atomic E-state index is 9.01. The SMILES string of the molecule is CC(C)(C)C1CN(CC2(CCO)CC2)C1. The number of nitrogens with zero attached hydrogens (tertiary/aromatic N) is 1. The van der Waals surface area contributed by atoms with Gasteiger partial charge >= 0.3 is 0 Å². The highest BCUT2D eigenvalue weighted by Crippen LogP contribution is 2.50. The monoisotopic (exact) mass is 211 g/mol. The van der Waals surface area contributed by atoms with Crippen LogP contribution in [0.25, 0.3) is 0 Å². The molecular weight excluding hydrogens is 186 g/mol. The summed E-state index contributed by atoms with van der Waals surface area (Å²) >= 11 is 0. The fraction of sp³-hybridized carbons (Fsp3) is 1.00. The summed E-state index contributed by atoms with van der Waals surface area (Å²) in [5.41, 5.74) is 0.988. The molecule has 15 heavy (non-hydrogen) atoms. The molecule has 0 spiro atoms. The molecule has 1 heterocycles. The van der Waals surface area contributed by atoms with Crippen LogP contribution in [0.3, 0.4) is 0 Å². The molecule has 0 unspecified atom stereocenters. The Balaban J connectivity index is 1.72. The third-order valence-corrected chi connectivity index (χ3v) is 4.34. The van der Waals surface area contributed by atoms with Gasteiger partial charge in [-0.2, -0.15) is 0 Å². The predicted octanol–water partition coefficient (Wildman–Crippen LogP) is 2.13. The van der Waals surface area contributed by atoms with E-state index in [0.717, 1.165) is 12.3 Å². The molecule has 2 aliphatic rings. The summed E-state index contributed by atoms with van der Waals surface area (Å²) in [4.78, 5) is 2.58. The van der Waals surface area contributed by atoms with Crippen LogP contribution in [0.15, 0.2) is 0 Å². The van der Waals surface area contributed by atoms with Crippen molar-refractivity contribution in [3.05, 3.63) is 0 Å². The number of rotatable bonds is 4. The first-order valence-electron chi connectivity index (χ1n) is 6.28. The Morgan fingerprint density at radius 2 is 1.87 bits per heavy atom. The summed E-state index contributed by atoms with van der Waals surface area (Å²) in [6, 6.07) is 0. The molecule has 0 aromatic heterocycles. The smallest absolute Gasteiger partial charge is 0.0436 e. The van der Waals surface area contributed by atoms with Crippen molar-refractivity contribution in [2.75, 3.05) is 26.2 Å². The first kappa shape index (κ1) is 11.4. The minimum Gasteiger partial charge on any atom is -0.396 e. The van der Waals surface area contributed by atoms with E-state index in [-0.39, 0.29) is 0 Å². The fourth-order valence-electron chi connectivity index (χ4n) is 2.62. The van der Waals surface area contributed by atoms with E-state index < -0.39 is 0 Å². The zero-order chi connectivity index (χ0) is 11.1. The van der Waals surface area contributed by atoms with Gasteiger partial charge in [0.25, 0.3) is 0 Å². The number of hydrogen-bond acceptors (Lipinski definition) is 2. The van der Waals surface area contributed by atoms with Gasteiger partial charge in [0.15, 0.2) is 0 Å². The summed E-state index contributed by atoms with van der Waals surface area (Å²) < 4.78 is 0. The van der Waals surface area contributed by atoms with Crippen LogP contribution in [0, 0.1) is 16.7 Å². The summed E-state index contributed by atoms with van der Waals surface area (Å²) in [7, 11) is 0. The van der Waals surface area contributed by atoms with Crippen LogP contribution in [-0.4, -0.2) is 36.2 Å². The highest BCUT2D eigenvalue weighted by Gasteiger charge is 2.46. The lowest BCUT2D eigenvalue weighted by atomic mass is 9.75. The van der Waals surface area contributed by atoms with Crippen LogP contribution in [0.2, 0.25) is 0 Å². The number of aliphatic hydroxyl groups excluding tert-OH is 1. The average Bonchev–Trinajstić information content (AvgIpc) is 2.76. The van der Waals surface area contributed by atoms with Gasteiger partial charge in [-0.25, -0.2) is 0 Å². The first-order valence-corrected chi connectivity index (χ1v) is 6.28. The summed E-state index contributed by atoms with van der Waals surface area (Å²) in [5, 5.41) is 9.01. The van der Waals surface area contributed by atoms with Crippen molar-refractivity contribution < 1.29 is 5.11 Å². The first-order chi connectivity index (χ1) is 6.95. The number of aliphatic hydroxyl groups is 1. The van der Waals surface area contributed by atoms with Crippen LogP contribution >= 0.6 is 0 Å². The van der Waals surface area contributed by atoms with Crippen molar-refractivity contribution in [2.24, 2.45) is 16.7 Å². The van der Waals surface area contributed by atoms with Crippen molar-refractivity contribution in [1.29, 1.82) is 0 Å². The quantitative estimate of drug-likeness (QED) is 0.770. The molecule has 88 valence electrons. The fourth-order valence-corrected chi connectivity index (χ4v) is 2.62. The lowest BCUT2D eigenvalue weighted by molar-refractivity contribution is 0.00756. The molecule has 0 atom stereocenters. The Labute approximate surface area is 93.7 Å². The van der Waals surface area contributed by atoms with Crippen LogP contribution in [-0.2, 0) is 0 Å². The highest BCUT2D eigenvalue weighted by molar-refractivity contribution is 4.98. The van der Waals surface area contributed by atoms with E-state index in [2.05, 4.69) is 25.7 Å². The summed E-state index contributed by atoms with van der Waals surface area (Å²) in [6.07, 6.45) is 3.69. The normalized spacial score (nSPS) is 26.4. The van der Waals surface area contributed by atoms with Gasteiger partial charge in [0.05, 0.1) is 0 Å². The van der Waals surface area contributed by atoms with E-state index in [4.69, 9.17) is 5.11 Å². The molecule has 1 aliphatic carbocycles. The Hall–Kier alpha value is -0.0800. The molecular formula is C13H25NO. The van der Waals surface area contributed by atoms with E-state index >= 15 is 0 Å². The van der Waals surface area contributed by atoms with Gasteiger partial charge in [-0.15, -0.1) is 0 Å². The molecule has 0 bridgehead atoms. The topological polar surface area (TPSA) is 23.5 Å². The molecule has 1 saturated heterocycles. The zero-order valence-electron chi connectivity index (χ0n) is 10.4. The standard InChI is InChI=1S/C13H25NO/c1-12(2,3)11-8-14(9-11)10-13(4-5-13)6-7-15/h11,15H,4-10H2,1-3H3. The van der Waals surface area contributed by atoms with Crippen molar-refractivity contribution in [1.82, 2.24) is 4.90 Å². The van der Waals surface area contributed by atoms with Crippen molar-refractivity contribution in [3.8, 4) is 0 Å². The van der Waals surface area contributed by atoms with Crippen LogP contribution in [0.4, 0.5) is 0 Å². The molecule has 0 amide bonds. The molecule has 0 radical (unpaired) electrons. The molecule has 1 N–H and O–H groups in total. The third-order valence-electron chi connectivity index (χ3n) is 4.34. The van der Waals surface area contributed by atoms with E-state index in [1.54, 1.807) is 0 Å². The van der Waals surface area contributed by atoms with E-state index in [1.807, 2.05) is 0 Å². The largest absolute Gasteiger partial charge is 0.396 e. The Morgan fingerprint density at radius 3 is 2.27 bits per heavy atom. The van der Waals surface area contributed by atoms with Gasteiger partial charge in [-0.05, 0) is 36.0 Å². The van der Waals surface area contributed by atoms with E-state index in [1.165, 1.54) is 32.5 Å². The Morgan fingerprint density at radius 1 is 1.27 bits per heavy atom. The third kappa shape index (κ3) is 2.54. The molecule has 2 rings (SSSR count). The lowest BCUT2D eigenvalue weighted by Gasteiger charge is -2.47. The van der Waals surface area contributed by atoms with Gasteiger partial charge < -0.3 is 10.0 Å². The Kier molecular flexibility index (Phi) is 2.85. The summed E-state index contributed by atoms with van der Waals surface area (Å²) in [6.45, 7) is 11.2. The minimum absolute atomic E-state index is 0.372. The predicted molar refractivity (Wildman–Crippen MR) is 62.8 cm³/mol. The van der Waals surface area contributed by atoms with Crippen LogP contribution < -0.4 is 0 Å². The van der Waals surface area contributed by atoms with Crippen molar-refractivity contribution in [2.45, 2.75) is 40.0 Å². The molecule has 2 fully saturated rings. The van der Waals surface area contributed by atoms with E-state index in [0.29, 0.717) is 17.4 Å². The molecule has 0 aromatic carbocycles. The minimum atomic E-state index is 0.372. The van der Waals surface area contributed by atoms with Gasteiger partial charge in [-0.1, -0.05) is 20.8 Å².